The van der Waals surface area contributed by atoms with E-state index in [1.54, 1.807) is 30.6 Å². The van der Waals surface area contributed by atoms with Crippen molar-refractivity contribution in [2.45, 2.75) is 56.7 Å². The SMILES string of the molecule is N#Cc1ccc(OC2CCC(NC(=O)c3cnc(N4CCN(C5CCNCC5)CC4)cn3)CC2)cc1Cl. The Morgan fingerprint density at radius 3 is 2.46 bits per heavy atom. The number of amides is 1. The Hall–Kier alpha value is -2.93. The highest BCUT2D eigenvalue weighted by Crippen LogP contribution is 2.27. The number of hydrogen-bond donors (Lipinski definition) is 2. The summed E-state index contributed by atoms with van der Waals surface area (Å²) in [7, 11) is 0. The van der Waals surface area contributed by atoms with Crippen LogP contribution >= 0.6 is 11.6 Å². The number of rotatable bonds is 6. The van der Waals surface area contributed by atoms with Crippen LogP contribution in [0.15, 0.2) is 30.6 Å². The topological polar surface area (TPSA) is 106 Å². The van der Waals surface area contributed by atoms with Gasteiger partial charge in [0.25, 0.3) is 5.91 Å². The molecule has 2 aromatic rings. The number of aromatic nitrogens is 2. The van der Waals surface area contributed by atoms with Gasteiger partial charge >= 0.3 is 0 Å². The van der Waals surface area contributed by atoms with E-state index < -0.39 is 0 Å². The Morgan fingerprint density at radius 1 is 1.05 bits per heavy atom. The van der Waals surface area contributed by atoms with Crippen LogP contribution in [0.4, 0.5) is 5.82 Å². The van der Waals surface area contributed by atoms with Crippen molar-refractivity contribution in [1.29, 1.82) is 5.26 Å². The second-order valence-corrected chi connectivity index (χ2v) is 10.5. The van der Waals surface area contributed by atoms with Gasteiger partial charge in [-0.1, -0.05) is 11.6 Å². The van der Waals surface area contributed by atoms with Gasteiger partial charge in [0.2, 0.25) is 0 Å². The third-order valence-electron chi connectivity index (χ3n) is 7.71. The zero-order valence-electron chi connectivity index (χ0n) is 21.0. The number of carbonyl (C=O) groups excluding carboxylic acids is 1. The molecule has 1 saturated carbocycles. The number of ether oxygens (including phenoxy) is 1. The fraction of sp³-hybridized carbons (Fsp3) is 0.556. The molecule has 1 aromatic heterocycles. The van der Waals surface area contributed by atoms with Gasteiger partial charge in [0.15, 0.2) is 0 Å². The number of piperazine rings is 1. The number of hydrogen-bond acceptors (Lipinski definition) is 8. The van der Waals surface area contributed by atoms with Crippen LogP contribution in [-0.2, 0) is 0 Å². The van der Waals surface area contributed by atoms with Crippen molar-refractivity contribution in [1.82, 2.24) is 25.5 Å². The van der Waals surface area contributed by atoms with E-state index in [-0.39, 0.29) is 18.1 Å². The highest BCUT2D eigenvalue weighted by molar-refractivity contribution is 6.31. The molecule has 0 radical (unpaired) electrons. The van der Waals surface area contributed by atoms with Gasteiger partial charge in [-0.15, -0.1) is 0 Å². The Balaban J connectivity index is 1.06. The molecule has 1 amide bonds. The van der Waals surface area contributed by atoms with Gasteiger partial charge in [-0.2, -0.15) is 5.26 Å². The average molecular weight is 524 g/mol. The van der Waals surface area contributed by atoms with Gasteiger partial charge in [-0.05, 0) is 63.7 Å². The minimum atomic E-state index is -0.182. The Kier molecular flexibility index (Phi) is 8.39. The first-order valence-corrected chi connectivity index (χ1v) is 13.7. The lowest BCUT2D eigenvalue weighted by molar-refractivity contribution is 0.0888. The van der Waals surface area contributed by atoms with E-state index in [1.165, 1.54) is 12.8 Å². The van der Waals surface area contributed by atoms with Crippen LogP contribution in [0, 0.1) is 11.3 Å². The number of nitrogens with one attached hydrogen (secondary N) is 2. The molecule has 10 heteroatoms. The van der Waals surface area contributed by atoms with E-state index in [9.17, 15) is 4.79 Å². The summed E-state index contributed by atoms with van der Waals surface area (Å²) in [5.41, 5.74) is 0.787. The van der Waals surface area contributed by atoms with E-state index in [1.807, 2.05) is 0 Å². The predicted molar refractivity (Wildman–Crippen MR) is 142 cm³/mol. The Morgan fingerprint density at radius 2 is 1.81 bits per heavy atom. The molecule has 1 aliphatic carbocycles. The highest BCUT2D eigenvalue weighted by Gasteiger charge is 2.27. The summed E-state index contributed by atoms with van der Waals surface area (Å²) >= 11 is 6.11. The number of halogens is 1. The van der Waals surface area contributed by atoms with Gasteiger partial charge in [0.1, 0.15) is 23.3 Å². The number of benzene rings is 1. The van der Waals surface area contributed by atoms with Crippen molar-refractivity contribution in [3.8, 4) is 11.8 Å². The lowest BCUT2D eigenvalue weighted by Gasteiger charge is -2.41. The number of nitriles is 1. The van der Waals surface area contributed by atoms with E-state index in [0.717, 1.165) is 70.8 Å². The maximum absolute atomic E-state index is 12.8. The Labute approximate surface area is 223 Å². The molecule has 0 spiro atoms. The summed E-state index contributed by atoms with van der Waals surface area (Å²) in [6.45, 7) is 6.18. The first-order chi connectivity index (χ1) is 18.1. The van der Waals surface area contributed by atoms with Crippen LogP contribution in [0.25, 0.3) is 0 Å². The van der Waals surface area contributed by atoms with Crippen LogP contribution in [0.5, 0.6) is 5.75 Å². The first kappa shape index (κ1) is 25.7. The lowest BCUT2D eigenvalue weighted by atomic mass is 9.93. The predicted octanol–water partition coefficient (Wildman–Crippen LogP) is 3.00. The average Bonchev–Trinajstić information content (AvgIpc) is 2.95. The van der Waals surface area contributed by atoms with Gasteiger partial charge < -0.3 is 20.3 Å². The third-order valence-corrected chi connectivity index (χ3v) is 8.02. The van der Waals surface area contributed by atoms with Crippen molar-refractivity contribution >= 4 is 23.3 Å². The largest absolute Gasteiger partial charge is 0.490 e. The zero-order chi connectivity index (χ0) is 25.6. The molecule has 37 heavy (non-hydrogen) atoms. The van der Waals surface area contributed by atoms with Gasteiger partial charge in [-0.3, -0.25) is 9.69 Å². The molecule has 9 nitrogen and oxygen atoms in total. The van der Waals surface area contributed by atoms with Gasteiger partial charge in [-0.25, -0.2) is 9.97 Å². The van der Waals surface area contributed by atoms with E-state index in [4.69, 9.17) is 21.6 Å². The van der Waals surface area contributed by atoms with Crippen LogP contribution < -0.4 is 20.3 Å². The maximum Gasteiger partial charge on any atom is 0.271 e. The molecule has 2 saturated heterocycles. The minimum Gasteiger partial charge on any atom is -0.490 e. The van der Waals surface area contributed by atoms with Crippen LogP contribution in [0.2, 0.25) is 5.02 Å². The molecule has 196 valence electrons. The normalized spacial score (nSPS) is 23.3. The standard InChI is InChI=1S/C27H34ClN7O2/c28-24-15-23(4-1-19(24)16-29)37-22-5-2-20(3-6-22)33-27(36)25-17-32-26(18-31-25)35-13-11-34(12-14-35)21-7-9-30-10-8-21/h1,4,15,17-18,20-22,30H,2-3,5-14H2,(H,33,36). The summed E-state index contributed by atoms with van der Waals surface area (Å²) in [4.78, 5) is 26.6. The van der Waals surface area contributed by atoms with Crippen LogP contribution in [0.3, 0.4) is 0 Å². The summed E-state index contributed by atoms with van der Waals surface area (Å²) in [6, 6.07) is 7.96. The summed E-state index contributed by atoms with van der Waals surface area (Å²) in [6.07, 6.45) is 9.14. The number of anilines is 1. The fourth-order valence-corrected chi connectivity index (χ4v) is 5.74. The molecular weight excluding hydrogens is 490 g/mol. The smallest absolute Gasteiger partial charge is 0.271 e. The highest BCUT2D eigenvalue weighted by atomic mass is 35.5. The molecule has 5 rings (SSSR count). The lowest BCUT2D eigenvalue weighted by Crippen LogP contribution is -2.53. The Bertz CT molecular complexity index is 1100. The third kappa shape index (κ3) is 6.50. The van der Waals surface area contributed by atoms with Crippen LogP contribution in [0.1, 0.15) is 54.6 Å². The molecule has 3 fully saturated rings. The van der Waals surface area contributed by atoms with Crippen molar-refractivity contribution in [3.05, 3.63) is 46.9 Å². The molecule has 0 bridgehead atoms. The molecule has 0 atom stereocenters. The van der Waals surface area contributed by atoms with Crippen molar-refractivity contribution < 1.29 is 9.53 Å². The first-order valence-electron chi connectivity index (χ1n) is 13.3. The maximum atomic E-state index is 12.8. The molecule has 2 N–H and O–H groups in total. The van der Waals surface area contributed by atoms with E-state index in [2.05, 4.69) is 36.5 Å². The summed E-state index contributed by atoms with van der Waals surface area (Å²) in [5.74, 6) is 1.32. The molecule has 3 heterocycles. The summed E-state index contributed by atoms with van der Waals surface area (Å²) in [5, 5.41) is 16.0. The number of piperidine rings is 1. The summed E-state index contributed by atoms with van der Waals surface area (Å²) < 4.78 is 6.05. The van der Waals surface area contributed by atoms with E-state index in [0.29, 0.717) is 28.1 Å². The molecular formula is C27H34ClN7O2. The minimum absolute atomic E-state index is 0.0616. The second-order valence-electron chi connectivity index (χ2n) is 10.1. The molecule has 1 aromatic carbocycles. The molecule has 3 aliphatic rings. The fourth-order valence-electron chi connectivity index (χ4n) is 5.53. The second kappa shape index (κ2) is 12.1. The number of nitrogens with zero attached hydrogens (tertiary/aromatic N) is 5. The zero-order valence-corrected chi connectivity index (χ0v) is 21.8. The monoisotopic (exact) mass is 523 g/mol. The van der Waals surface area contributed by atoms with Crippen LogP contribution in [-0.4, -0.2) is 78.2 Å². The van der Waals surface area contributed by atoms with Crippen molar-refractivity contribution in [2.24, 2.45) is 0 Å². The van der Waals surface area contributed by atoms with Crippen molar-refractivity contribution in [3.63, 3.8) is 0 Å². The van der Waals surface area contributed by atoms with Crippen molar-refractivity contribution in [2.75, 3.05) is 44.2 Å². The quantitative estimate of drug-likeness (QED) is 0.595. The molecule has 2 aliphatic heterocycles. The molecule has 0 unspecified atom stereocenters. The van der Waals surface area contributed by atoms with Gasteiger partial charge in [0.05, 0.1) is 29.1 Å². The van der Waals surface area contributed by atoms with Gasteiger partial charge in [0, 0.05) is 44.3 Å². The van der Waals surface area contributed by atoms with E-state index >= 15 is 0 Å². The number of carbonyl (C=O) groups is 1.